The van der Waals surface area contributed by atoms with Gasteiger partial charge in [-0.05, 0) is 18.9 Å². The molecule has 1 rings (SSSR count). The maximum absolute atomic E-state index is 10.4. The van der Waals surface area contributed by atoms with Crippen LogP contribution < -0.4 is 5.32 Å². The first kappa shape index (κ1) is 16.7. The molecule has 0 aliphatic rings. The van der Waals surface area contributed by atoms with Gasteiger partial charge in [0, 0.05) is 18.0 Å². The van der Waals surface area contributed by atoms with Crippen LogP contribution in [0.2, 0.25) is 0 Å². The molecule has 2 atom stereocenters. The van der Waals surface area contributed by atoms with Crippen LogP contribution in [0.3, 0.4) is 0 Å². The Morgan fingerprint density at radius 2 is 1.94 bits per heavy atom. The van der Waals surface area contributed by atoms with Gasteiger partial charge in [0.05, 0.1) is 6.10 Å². The number of aliphatic hydroxyl groups is 1. The summed E-state index contributed by atoms with van der Waals surface area (Å²) in [5.41, 5.74) is 0.616. The molecule has 2 nitrogen and oxygen atoms in total. The van der Waals surface area contributed by atoms with Gasteiger partial charge >= 0.3 is 0 Å². The van der Waals surface area contributed by atoms with Crippen molar-refractivity contribution in [1.29, 1.82) is 0 Å². The maximum Gasteiger partial charge on any atom is 0.0968 e. The van der Waals surface area contributed by atoms with Crippen LogP contribution in [0.15, 0.2) is 30.3 Å². The molecule has 1 aromatic carbocycles. The molecule has 0 saturated heterocycles. The number of hydrogen-bond acceptors (Lipinski definition) is 2. The second-order valence-corrected chi connectivity index (χ2v) is 4.58. The lowest BCUT2D eigenvalue weighted by Crippen LogP contribution is -2.47. The molecule has 0 heterocycles. The van der Waals surface area contributed by atoms with E-state index < -0.39 is 6.10 Å². The number of alkyl halides is 1. The summed E-state index contributed by atoms with van der Waals surface area (Å²) in [6, 6.07) is 9.72. The molecule has 0 fully saturated rings. The number of aliphatic hydroxyl groups excluding tert-OH is 1. The van der Waals surface area contributed by atoms with E-state index in [1.54, 1.807) is 0 Å². The predicted octanol–water partition coefficient (Wildman–Crippen LogP) is 3.14. The van der Waals surface area contributed by atoms with Gasteiger partial charge in [-0.2, -0.15) is 0 Å². The Labute approximate surface area is 115 Å². The van der Waals surface area contributed by atoms with Gasteiger partial charge in [-0.25, -0.2) is 0 Å². The molecular formula is C13H21Cl2NO. The molecular weight excluding hydrogens is 257 g/mol. The Morgan fingerprint density at radius 3 is 2.41 bits per heavy atom. The van der Waals surface area contributed by atoms with Crippen molar-refractivity contribution in [1.82, 2.24) is 5.32 Å². The lowest BCUT2D eigenvalue weighted by molar-refractivity contribution is 0.0677. The zero-order valence-corrected chi connectivity index (χ0v) is 11.9. The van der Waals surface area contributed by atoms with Gasteiger partial charge in [-0.3, -0.25) is 0 Å². The summed E-state index contributed by atoms with van der Waals surface area (Å²) in [4.78, 5) is 0. The summed E-state index contributed by atoms with van der Waals surface area (Å²) in [6.07, 6.45) is 0.335. The SMILES string of the molecule is CCC(C)(NCCCl)C(O)c1ccccc1.Cl. The van der Waals surface area contributed by atoms with Crippen molar-refractivity contribution in [3.8, 4) is 0 Å². The molecule has 0 saturated carbocycles. The zero-order chi connectivity index (χ0) is 12.0. The fourth-order valence-electron chi connectivity index (χ4n) is 1.75. The Bertz CT molecular complexity index is 308. The fraction of sp³-hybridized carbons (Fsp3) is 0.538. The number of halogens is 2. The van der Waals surface area contributed by atoms with Gasteiger partial charge in [0.2, 0.25) is 0 Å². The van der Waals surface area contributed by atoms with Crippen LogP contribution in [-0.4, -0.2) is 23.1 Å². The summed E-state index contributed by atoms with van der Waals surface area (Å²) in [5.74, 6) is 0.553. The number of nitrogens with one attached hydrogen (secondary N) is 1. The van der Waals surface area contributed by atoms with Crippen LogP contribution in [-0.2, 0) is 0 Å². The molecule has 2 unspecified atom stereocenters. The van der Waals surface area contributed by atoms with Gasteiger partial charge in [0.1, 0.15) is 0 Å². The average Bonchev–Trinajstić information content (AvgIpc) is 2.36. The smallest absolute Gasteiger partial charge is 0.0968 e. The Hall–Kier alpha value is -0.280. The highest BCUT2D eigenvalue weighted by molar-refractivity contribution is 6.18. The van der Waals surface area contributed by atoms with Crippen molar-refractivity contribution < 1.29 is 5.11 Å². The second kappa shape index (κ2) is 7.93. The van der Waals surface area contributed by atoms with E-state index in [4.69, 9.17) is 11.6 Å². The zero-order valence-electron chi connectivity index (χ0n) is 10.3. The van der Waals surface area contributed by atoms with Gasteiger partial charge < -0.3 is 10.4 Å². The van der Waals surface area contributed by atoms with E-state index >= 15 is 0 Å². The average molecular weight is 278 g/mol. The largest absolute Gasteiger partial charge is 0.386 e. The lowest BCUT2D eigenvalue weighted by atomic mass is 9.87. The van der Waals surface area contributed by atoms with Crippen molar-refractivity contribution >= 4 is 24.0 Å². The van der Waals surface area contributed by atoms with Crippen LogP contribution in [0.5, 0.6) is 0 Å². The third-order valence-corrected chi connectivity index (χ3v) is 3.27. The van der Waals surface area contributed by atoms with Crippen LogP contribution in [0.25, 0.3) is 0 Å². The standard InChI is InChI=1S/C13H20ClNO.ClH/c1-3-13(2,15-10-9-14)12(16)11-7-5-4-6-8-11;/h4-8,12,15-16H,3,9-10H2,1-2H3;1H. The fourth-order valence-corrected chi connectivity index (χ4v) is 1.85. The molecule has 0 spiro atoms. The summed E-state index contributed by atoms with van der Waals surface area (Å²) < 4.78 is 0. The first-order valence-corrected chi connectivity index (χ1v) is 6.21. The van der Waals surface area contributed by atoms with Crippen molar-refractivity contribution in [3.63, 3.8) is 0 Å². The maximum atomic E-state index is 10.4. The molecule has 0 aliphatic carbocycles. The number of rotatable bonds is 6. The van der Waals surface area contributed by atoms with Crippen LogP contribution >= 0.6 is 24.0 Å². The number of hydrogen-bond donors (Lipinski definition) is 2. The minimum Gasteiger partial charge on any atom is -0.386 e. The quantitative estimate of drug-likeness (QED) is 0.783. The Morgan fingerprint density at radius 1 is 1.35 bits per heavy atom. The summed E-state index contributed by atoms with van der Waals surface area (Å²) in [7, 11) is 0. The minimum atomic E-state index is -0.512. The molecule has 17 heavy (non-hydrogen) atoms. The van der Waals surface area contributed by atoms with Gasteiger partial charge in [-0.15, -0.1) is 24.0 Å². The Balaban J connectivity index is 0.00000256. The van der Waals surface area contributed by atoms with Crippen LogP contribution in [0.4, 0.5) is 0 Å². The molecule has 0 amide bonds. The van der Waals surface area contributed by atoms with Crippen molar-refractivity contribution in [3.05, 3.63) is 35.9 Å². The monoisotopic (exact) mass is 277 g/mol. The van der Waals surface area contributed by atoms with Crippen molar-refractivity contribution in [2.24, 2.45) is 0 Å². The normalized spacial score (nSPS) is 15.8. The second-order valence-electron chi connectivity index (χ2n) is 4.20. The third kappa shape index (κ3) is 4.47. The van der Waals surface area contributed by atoms with E-state index in [1.165, 1.54) is 0 Å². The molecule has 0 radical (unpaired) electrons. The minimum absolute atomic E-state index is 0. The van der Waals surface area contributed by atoms with E-state index in [1.807, 2.05) is 37.3 Å². The van der Waals surface area contributed by atoms with Crippen molar-refractivity contribution in [2.75, 3.05) is 12.4 Å². The molecule has 1 aromatic rings. The van der Waals surface area contributed by atoms with E-state index in [0.717, 1.165) is 12.0 Å². The highest BCUT2D eigenvalue weighted by Crippen LogP contribution is 2.28. The van der Waals surface area contributed by atoms with Gasteiger partial charge in [0.15, 0.2) is 0 Å². The summed E-state index contributed by atoms with van der Waals surface area (Å²) in [6.45, 7) is 4.79. The Kier molecular flexibility index (Phi) is 7.80. The molecule has 0 bridgehead atoms. The highest BCUT2D eigenvalue weighted by atomic mass is 35.5. The van der Waals surface area contributed by atoms with E-state index in [0.29, 0.717) is 12.4 Å². The molecule has 4 heteroatoms. The van der Waals surface area contributed by atoms with Crippen LogP contribution in [0.1, 0.15) is 31.9 Å². The number of benzene rings is 1. The summed E-state index contributed by atoms with van der Waals surface area (Å²) in [5, 5.41) is 13.7. The van der Waals surface area contributed by atoms with Crippen molar-refractivity contribution in [2.45, 2.75) is 31.9 Å². The van der Waals surface area contributed by atoms with E-state index in [2.05, 4.69) is 12.2 Å². The summed E-state index contributed by atoms with van der Waals surface area (Å²) >= 11 is 5.67. The van der Waals surface area contributed by atoms with E-state index in [9.17, 15) is 5.11 Å². The third-order valence-electron chi connectivity index (χ3n) is 3.08. The highest BCUT2D eigenvalue weighted by Gasteiger charge is 2.31. The first-order chi connectivity index (χ1) is 7.64. The molecule has 2 N–H and O–H groups in total. The van der Waals surface area contributed by atoms with E-state index in [-0.39, 0.29) is 17.9 Å². The molecule has 0 aliphatic heterocycles. The van der Waals surface area contributed by atoms with Gasteiger partial charge in [-0.1, -0.05) is 37.3 Å². The lowest BCUT2D eigenvalue weighted by Gasteiger charge is -2.35. The van der Waals surface area contributed by atoms with Gasteiger partial charge in [0.25, 0.3) is 0 Å². The topological polar surface area (TPSA) is 32.3 Å². The molecule has 98 valence electrons. The van der Waals surface area contributed by atoms with Crippen LogP contribution in [0, 0.1) is 0 Å². The molecule has 0 aromatic heterocycles. The predicted molar refractivity (Wildman–Crippen MR) is 76.1 cm³/mol. The first-order valence-electron chi connectivity index (χ1n) is 5.68.